The van der Waals surface area contributed by atoms with Gasteiger partial charge in [-0.2, -0.15) is 0 Å². The molecule has 0 radical (unpaired) electrons. The van der Waals surface area contributed by atoms with Crippen molar-refractivity contribution < 1.29 is 28.6 Å². The second kappa shape index (κ2) is 41.6. The van der Waals surface area contributed by atoms with Crippen molar-refractivity contribution in [1.82, 2.24) is 0 Å². The SMILES string of the molecule is CCC(C)CCCCCCCCCCC(=O)OC[C@@H](COC(=O)CCCCCCCCC(C)CC)OC(=O)CCCCCCCCCCCCCCCC(C)C. The van der Waals surface area contributed by atoms with E-state index in [1.165, 1.54) is 148 Å². The van der Waals surface area contributed by atoms with Crippen LogP contribution in [0.5, 0.6) is 0 Å². The van der Waals surface area contributed by atoms with Gasteiger partial charge in [-0.05, 0) is 37.0 Å². The molecule has 0 N–H and O–H groups in total. The molecule has 0 aromatic carbocycles. The Morgan fingerprint density at radius 3 is 0.929 bits per heavy atom. The number of hydrogen-bond acceptors (Lipinski definition) is 6. The molecule has 0 fully saturated rings. The van der Waals surface area contributed by atoms with Gasteiger partial charge in [-0.15, -0.1) is 0 Å². The number of carbonyl (C=O) groups is 3. The van der Waals surface area contributed by atoms with Gasteiger partial charge in [0.2, 0.25) is 0 Å². The largest absolute Gasteiger partial charge is 0.462 e. The normalized spacial score (nSPS) is 13.1. The van der Waals surface area contributed by atoms with Crippen LogP contribution in [0.15, 0.2) is 0 Å². The highest BCUT2D eigenvalue weighted by Crippen LogP contribution is 2.18. The van der Waals surface area contributed by atoms with Crippen LogP contribution < -0.4 is 0 Å². The Labute approximate surface area is 348 Å². The molecule has 0 bridgehead atoms. The van der Waals surface area contributed by atoms with Gasteiger partial charge in [0.1, 0.15) is 13.2 Å². The van der Waals surface area contributed by atoms with Crippen molar-refractivity contribution in [3.05, 3.63) is 0 Å². The third-order valence-electron chi connectivity index (χ3n) is 11.9. The van der Waals surface area contributed by atoms with Crippen LogP contribution in [0, 0.1) is 17.8 Å². The highest BCUT2D eigenvalue weighted by Gasteiger charge is 2.19. The van der Waals surface area contributed by atoms with Gasteiger partial charge in [-0.25, -0.2) is 0 Å². The number of unbranched alkanes of at least 4 members (excludes halogenated alkanes) is 24. The molecular weight excluding hydrogens is 697 g/mol. The zero-order valence-electron chi connectivity index (χ0n) is 38.4. The summed E-state index contributed by atoms with van der Waals surface area (Å²) in [4.78, 5) is 37.8. The molecule has 56 heavy (non-hydrogen) atoms. The summed E-state index contributed by atoms with van der Waals surface area (Å²) in [6.07, 6.45) is 39.4. The fraction of sp³-hybridized carbons (Fsp3) is 0.940. The molecule has 0 saturated carbocycles. The van der Waals surface area contributed by atoms with Crippen LogP contribution in [-0.2, 0) is 28.6 Å². The summed E-state index contributed by atoms with van der Waals surface area (Å²) in [7, 11) is 0. The minimum atomic E-state index is -0.763. The molecule has 6 nitrogen and oxygen atoms in total. The minimum Gasteiger partial charge on any atom is -0.462 e. The van der Waals surface area contributed by atoms with E-state index in [2.05, 4.69) is 41.5 Å². The molecule has 0 spiro atoms. The van der Waals surface area contributed by atoms with Crippen LogP contribution in [0.3, 0.4) is 0 Å². The van der Waals surface area contributed by atoms with Crippen molar-refractivity contribution in [1.29, 1.82) is 0 Å². The van der Waals surface area contributed by atoms with Crippen molar-refractivity contribution in [2.24, 2.45) is 17.8 Å². The fourth-order valence-corrected chi connectivity index (χ4v) is 7.34. The van der Waals surface area contributed by atoms with E-state index in [1.807, 2.05) is 0 Å². The Morgan fingerprint density at radius 1 is 0.357 bits per heavy atom. The maximum Gasteiger partial charge on any atom is 0.306 e. The standard InChI is InChI=1S/C50H96O6/c1-7-45(5)37-31-25-19-16-17-20-27-33-39-48(51)54-42-47(43-55-49(52)40-34-28-23-22-26-32-38-46(6)8-2)56-50(53)41-35-29-21-15-13-11-9-10-12-14-18-24-30-36-44(3)4/h44-47H,7-43H2,1-6H3/t45?,46?,47-/m0/s1. The van der Waals surface area contributed by atoms with Gasteiger partial charge < -0.3 is 14.2 Å². The van der Waals surface area contributed by atoms with Crippen molar-refractivity contribution in [3.8, 4) is 0 Å². The van der Waals surface area contributed by atoms with E-state index in [-0.39, 0.29) is 31.1 Å². The van der Waals surface area contributed by atoms with Gasteiger partial charge in [-0.3, -0.25) is 14.4 Å². The van der Waals surface area contributed by atoms with E-state index in [0.29, 0.717) is 19.3 Å². The monoisotopic (exact) mass is 793 g/mol. The molecule has 3 atom stereocenters. The van der Waals surface area contributed by atoms with E-state index >= 15 is 0 Å². The smallest absolute Gasteiger partial charge is 0.306 e. The maximum atomic E-state index is 12.8. The lowest BCUT2D eigenvalue weighted by atomic mass is 9.99. The molecular formula is C50H96O6. The highest BCUT2D eigenvalue weighted by molar-refractivity contribution is 5.71. The molecule has 0 heterocycles. The number of hydrogen-bond donors (Lipinski definition) is 0. The van der Waals surface area contributed by atoms with E-state index in [4.69, 9.17) is 14.2 Å². The zero-order chi connectivity index (χ0) is 41.3. The van der Waals surface area contributed by atoms with Gasteiger partial charge in [-0.1, -0.05) is 228 Å². The second-order valence-electron chi connectivity index (χ2n) is 18.1. The second-order valence-corrected chi connectivity index (χ2v) is 18.1. The third-order valence-corrected chi connectivity index (χ3v) is 11.9. The van der Waals surface area contributed by atoms with E-state index < -0.39 is 6.10 Å². The topological polar surface area (TPSA) is 78.9 Å². The van der Waals surface area contributed by atoms with Crippen LogP contribution in [-0.4, -0.2) is 37.2 Å². The highest BCUT2D eigenvalue weighted by atomic mass is 16.6. The number of rotatable bonds is 43. The van der Waals surface area contributed by atoms with Crippen LogP contribution in [0.1, 0.15) is 266 Å². The number of esters is 3. The molecule has 2 unspecified atom stereocenters. The number of ether oxygens (including phenoxy) is 3. The number of carbonyl (C=O) groups excluding carboxylic acids is 3. The molecule has 0 rings (SSSR count). The summed E-state index contributed by atoms with van der Waals surface area (Å²) in [6.45, 7) is 13.7. The van der Waals surface area contributed by atoms with E-state index in [0.717, 1.165) is 75.5 Å². The minimum absolute atomic E-state index is 0.0662. The fourth-order valence-electron chi connectivity index (χ4n) is 7.34. The van der Waals surface area contributed by atoms with Crippen LogP contribution in [0.25, 0.3) is 0 Å². The van der Waals surface area contributed by atoms with E-state index in [9.17, 15) is 14.4 Å². The van der Waals surface area contributed by atoms with Crippen LogP contribution in [0.2, 0.25) is 0 Å². The molecule has 0 aliphatic rings. The first-order valence-corrected chi connectivity index (χ1v) is 24.7. The molecule has 0 aliphatic heterocycles. The Balaban J connectivity index is 4.33. The Morgan fingerprint density at radius 2 is 0.625 bits per heavy atom. The molecule has 0 aromatic rings. The molecule has 0 aliphatic carbocycles. The lowest BCUT2D eigenvalue weighted by molar-refractivity contribution is -0.167. The first-order valence-electron chi connectivity index (χ1n) is 24.7. The van der Waals surface area contributed by atoms with Gasteiger partial charge in [0, 0.05) is 19.3 Å². The maximum absolute atomic E-state index is 12.8. The van der Waals surface area contributed by atoms with Gasteiger partial charge in [0.05, 0.1) is 0 Å². The zero-order valence-corrected chi connectivity index (χ0v) is 38.4. The Kier molecular flexibility index (Phi) is 40.4. The van der Waals surface area contributed by atoms with Gasteiger partial charge in [0.25, 0.3) is 0 Å². The summed E-state index contributed by atoms with van der Waals surface area (Å²) in [5, 5.41) is 0. The van der Waals surface area contributed by atoms with Gasteiger partial charge in [0.15, 0.2) is 6.10 Å². The lowest BCUT2D eigenvalue weighted by Gasteiger charge is -2.18. The van der Waals surface area contributed by atoms with Crippen LogP contribution in [0.4, 0.5) is 0 Å². The average molecular weight is 793 g/mol. The molecule has 6 heteroatoms. The predicted molar refractivity (Wildman–Crippen MR) is 238 cm³/mol. The average Bonchev–Trinajstić information content (AvgIpc) is 3.18. The van der Waals surface area contributed by atoms with Crippen molar-refractivity contribution in [3.63, 3.8) is 0 Å². The van der Waals surface area contributed by atoms with Gasteiger partial charge >= 0.3 is 17.9 Å². The predicted octanol–water partition coefficient (Wildman–Crippen LogP) is 15.6. The summed E-state index contributed by atoms with van der Waals surface area (Å²) >= 11 is 0. The molecule has 0 amide bonds. The molecule has 332 valence electrons. The van der Waals surface area contributed by atoms with Crippen LogP contribution >= 0.6 is 0 Å². The quantitative estimate of drug-likeness (QED) is 0.0348. The van der Waals surface area contributed by atoms with E-state index in [1.54, 1.807) is 0 Å². The Bertz CT molecular complexity index is 872. The van der Waals surface area contributed by atoms with Crippen molar-refractivity contribution >= 4 is 17.9 Å². The Hall–Kier alpha value is -1.59. The first-order chi connectivity index (χ1) is 27.2. The molecule has 0 saturated heterocycles. The summed E-state index contributed by atoms with van der Waals surface area (Å²) < 4.78 is 16.8. The lowest BCUT2D eigenvalue weighted by Crippen LogP contribution is -2.30. The molecule has 0 aromatic heterocycles. The summed E-state index contributed by atoms with van der Waals surface area (Å²) in [5.74, 6) is 1.64. The first kappa shape index (κ1) is 54.4. The summed E-state index contributed by atoms with van der Waals surface area (Å²) in [5.41, 5.74) is 0. The van der Waals surface area contributed by atoms with Crippen molar-refractivity contribution in [2.75, 3.05) is 13.2 Å². The van der Waals surface area contributed by atoms with Crippen molar-refractivity contribution in [2.45, 2.75) is 272 Å². The summed E-state index contributed by atoms with van der Waals surface area (Å²) in [6, 6.07) is 0. The third kappa shape index (κ3) is 40.6.